The second kappa shape index (κ2) is 12.5. The number of alkyl halides is 6. The summed E-state index contributed by atoms with van der Waals surface area (Å²) in [7, 11) is 0. The monoisotopic (exact) mass is 748 g/mol. The zero-order chi connectivity index (χ0) is 31.0. The van der Waals surface area contributed by atoms with Crippen molar-refractivity contribution in [3.8, 4) is 22.3 Å². The van der Waals surface area contributed by atoms with Gasteiger partial charge >= 0.3 is 259 Å². The molecule has 1 aliphatic heterocycles. The minimum atomic E-state index is -4.38. The molecule has 4 aromatic rings. The fraction of sp³-hybridized carbons (Fsp3) is 0.243. The molecule has 1 heterocycles. The van der Waals surface area contributed by atoms with Crippen molar-refractivity contribution in [2.45, 2.75) is 48.1 Å². The van der Waals surface area contributed by atoms with Crippen LogP contribution in [0, 0.1) is 0 Å². The molecule has 7 rings (SSSR count). The molecule has 0 amide bonds. The summed E-state index contributed by atoms with van der Waals surface area (Å²) in [6, 6.07) is 23.4. The molecule has 1 saturated heterocycles. The Bertz CT molecular complexity index is 1700. The van der Waals surface area contributed by atoms with Gasteiger partial charge in [0.25, 0.3) is 0 Å². The molecule has 0 radical (unpaired) electrons. The van der Waals surface area contributed by atoms with E-state index in [0.29, 0.717) is 7.25 Å². The maximum atomic E-state index is 13.2. The van der Waals surface area contributed by atoms with Gasteiger partial charge in [-0.05, 0) is 0 Å². The molecule has 9 heteroatoms. The van der Waals surface area contributed by atoms with Crippen LogP contribution in [-0.2, 0) is 32.6 Å². The molecule has 46 heavy (non-hydrogen) atoms. The SMILES string of the molecule is CC1=Cc2c(-c3ccc(C(F)(F)F)cc3)cccc2[CH]1[Zr+2]1([CH]2C(C)=Cc3c(-c4ccc(C(F)(F)F)cc4)cccc32)[CH2]C[CH2]1.[Cl-].[Cl-]. The molecule has 0 spiro atoms. The quantitative estimate of drug-likeness (QED) is 0.222. The summed E-state index contributed by atoms with van der Waals surface area (Å²) in [5.41, 5.74) is 9.71. The maximum absolute atomic E-state index is 13.2. The van der Waals surface area contributed by atoms with Gasteiger partial charge < -0.3 is 24.8 Å². The van der Waals surface area contributed by atoms with Gasteiger partial charge in [0.15, 0.2) is 0 Å². The van der Waals surface area contributed by atoms with Crippen molar-refractivity contribution in [3.63, 3.8) is 0 Å². The van der Waals surface area contributed by atoms with Crippen LogP contribution in [0.15, 0.2) is 96.1 Å². The molecule has 2 unspecified atom stereocenters. The Kier molecular flexibility index (Phi) is 9.40. The zero-order valence-electron chi connectivity index (χ0n) is 25.0. The summed E-state index contributed by atoms with van der Waals surface area (Å²) in [5, 5.41) is 0. The predicted molar refractivity (Wildman–Crippen MR) is 161 cm³/mol. The summed E-state index contributed by atoms with van der Waals surface area (Å²) >= 11 is -3.07. The van der Waals surface area contributed by atoms with Crippen LogP contribution < -0.4 is 24.8 Å². The van der Waals surface area contributed by atoms with Crippen molar-refractivity contribution in [2.75, 3.05) is 0 Å². The van der Waals surface area contributed by atoms with Gasteiger partial charge in [0.1, 0.15) is 0 Å². The summed E-state index contributed by atoms with van der Waals surface area (Å²) < 4.78 is 82.6. The zero-order valence-corrected chi connectivity index (χ0v) is 29.0. The molecule has 0 nitrogen and oxygen atoms in total. The van der Waals surface area contributed by atoms with E-state index in [-0.39, 0.29) is 24.8 Å². The number of halogens is 8. The van der Waals surface area contributed by atoms with E-state index >= 15 is 0 Å². The van der Waals surface area contributed by atoms with Crippen molar-refractivity contribution >= 4 is 12.2 Å². The third-order valence-electron chi connectivity index (χ3n) is 10.0. The standard InChI is InChI=1S/2C17H12F3.C3H6.2ClH.Zr/c2*1-11-9-13-3-2-4-15(16(13)10-11)12-5-7-14(8-6-12)17(18,19)20;1-3-2;;;/h2*2-10H,1H3;1-3H2;2*1H;/q;;;;;+2/p-2. The van der Waals surface area contributed by atoms with Crippen LogP contribution in [0.5, 0.6) is 0 Å². The van der Waals surface area contributed by atoms with Crippen LogP contribution in [0.3, 0.4) is 0 Å². The normalized spacial score (nSPS) is 18.9. The van der Waals surface area contributed by atoms with E-state index in [1.54, 1.807) is 24.3 Å². The average molecular weight is 751 g/mol. The van der Waals surface area contributed by atoms with Crippen LogP contribution in [0.4, 0.5) is 26.3 Å². The molecule has 0 N–H and O–H groups in total. The number of hydrogen-bond donors (Lipinski definition) is 0. The first-order chi connectivity index (χ1) is 20.9. The second-order valence-electron chi connectivity index (χ2n) is 12.5. The van der Waals surface area contributed by atoms with Crippen LogP contribution in [0.25, 0.3) is 34.4 Å². The first-order valence-electron chi connectivity index (χ1n) is 14.9. The van der Waals surface area contributed by atoms with E-state index in [0.717, 1.165) is 57.6 Å². The Morgan fingerprint density at radius 2 is 0.913 bits per heavy atom. The van der Waals surface area contributed by atoms with E-state index in [1.165, 1.54) is 37.0 Å². The second-order valence-corrected chi connectivity index (χ2v) is 23.9. The van der Waals surface area contributed by atoms with Gasteiger partial charge in [-0.15, -0.1) is 0 Å². The fourth-order valence-corrected chi connectivity index (χ4v) is 23.8. The molecule has 1 fully saturated rings. The van der Waals surface area contributed by atoms with Crippen molar-refractivity contribution in [2.24, 2.45) is 0 Å². The Morgan fingerprint density at radius 3 is 1.22 bits per heavy atom. The summed E-state index contributed by atoms with van der Waals surface area (Å²) in [6.45, 7) is 4.43. The van der Waals surface area contributed by atoms with Crippen molar-refractivity contribution in [1.29, 1.82) is 0 Å². The van der Waals surface area contributed by atoms with Gasteiger partial charge in [-0.1, -0.05) is 0 Å². The first-order valence-corrected chi connectivity index (χ1v) is 21.2. The first kappa shape index (κ1) is 34.7. The Labute approximate surface area is 281 Å². The number of rotatable bonds is 4. The third kappa shape index (κ3) is 5.65. The van der Waals surface area contributed by atoms with Crippen molar-refractivity contribution < 1.29 is 71.4 Å². The molecule has 3 aliphatic rings. The molecule has 2 atom stereocenters. The molecule has 238 valence electrons. The van der Waals surface area contributed by atoms with E-state index in [9.17, 15) is 26.3 Å². The van der Waals surface area contributed by atoms with Crippen LogP contribution >= 0.6 is 0 Å². The van der Waals surface area contributed by atoms with Gasteiger partial charge in [0.05, 0.1) is 0 Å². The van der Waals surface area contributed by atoms with E-state index in [4.69, 9.17) is 0 Å². The van der Waals surface area contributed by atoms with Crippen LogP contribution in [0.1, 0.15) is 60.9 Å². The molecule has 0 bridgehead atoms. The molecule has 2 aliphatic carbocycles. The average Bonchev–Trinajstić information content (AvgIpc) is 3.48. The van der Waals surface area contributed by atoms with Gasteiger partial charge in [-0.3, -0.25) is 0 Å². The summed E-state index contributed by atoms with van der Waals surface area (Å²) in [4.78, 5) is 0. The van der Waals surface area contributed by atoms with Gasteiger partial charge in [-0.25, -0.2) is 0 Å². The van der Waals surface area contributed by atoms with E-state index in [1.807, 2.05) is 24.3 Å². The molecule has 0 saturated carbocycles. The molecule has 0 aromatic heterocycles. The minimum Gasteiger partial charge on any atom is -1.00 e. The van der Waals surface area contributed by atoms with Crippen molar-refractivity contribution in [3.05, 3.63) is 129 Å². The Morgan fingerprint density at radius 1 is 0.543 bits per heavy atom. The molecule has 4 aromatic carbocycles. The van der Waals surface area contributed by atoms with Gasteiger partial charge in [0, 0.05) is 0 Å². The number of allylic oxidation sites excluding steroid dienone is 2. The predicted octanol–water partition coefficient (Wildman–Crippen LogP) is 6.08. The maximum Gasteiger partial charge on any atom is -1.00 e. The fourth-order valence-electron chi connectivity index (χ4n) is 8.14. The number of hydrogen-bond acceptors (Lipinski definition) is 0. The molecular weight excluding hydrogens is 721 g/mol. The van der Waals surface area contributed by atoms with E-state index < -0.39 is 43.7 Å². The largest absolute Gasteiger partial charge is 1.00 e. The number of benzene rings is 4. The van der Waals surface area contributed by atoms with Gasteiger partial charge in [0.2, 0.25) is 0 Å². The van der Waals surface area contributed by atoms with Crippen molar-refractivity contribution in [1.82, 2.24) is 0 Å². The summed E-state index contributed by atoms with van der Waals surface area (Å²) in [6.07, 6.45) is -3.03. The van der Waals surface area contributed by atoms with Crippen LogP contribution in [-0.4, -0.2) is 0 Å². The number of fused-ring (bicyclic) bond motifs is 2. The Hall–Kier alpha value is -2.60. The smallest absolute Gasteiger partial charge is 1.00 e. The Balaban J connectivity index is 0.00000208. The summed E-state index contributed by atoms with van der Waals surface area (Å²) in [5.74, 6) is 0. The third-order valence-corrected chi connectivity index (χ3v) is 25.8. The molecular formula is C37H30Cl2F6Zr. The van der Waals surface area contributed by atoms with Crippen LogP contribution in [0.2, 0.25) is 8.26 Å². The topological polar surface area (TPSA) is 0 Å². The minimum absolute atomic E-state index is 0. The van der Waals surface area contributed by atoms with E-state index in [2.05, 4.69) is 38.1 Å². The van der Waals surface area contributed by atoms with Gasteiger partial charge in [-0.2, -0.15) is 0 Å².